The molecule has 0 atom stereocenters. The number of hydrogen-bond donors (Lipinski definition) is 0. The molecule has 154 valence electrons. The summed E-state index contributed by atoms with van der Waals surface area (Å²) in [6.07, 6.45) is 3.52. The molecule has 8 heteroatoms. The van der Waals surface area contributed by atoms with E-state index < -0.39 is 0 Å². The molecule has 4 aromatic rings. The summed E-state index contributed by atoms with van der Waals surface area (Å²) in [4.78, 5) is 4.78. The third kappa shape index (κ3) is 4.34. The minimum absolute atomic E-state index is 0.629. The van der Waals surface area contributed by atoms with Crippen LogP contribution in [0.4, 0.5) is 0 Å². The molecule has 4 rings (SSSR count). The molecule has 0 amide bonds. The Morgan fingerprint density at radius 1 is 1.23 bits per heavy atom. The molecular weight excluding hydrogens is 416 g/mol. The number of benzene rings is 1. The van der Waals surface area contributed by atoms with E-state index in [-0.39, 0.29) is 0 Å². The molecule has 0 N–H and O–H groups in total. The average Bonchev–Trinajstić information content (AvgIpc) is 3.48. The van der Waals surface area contributed by atoms with Gasteiger partial charge in [-0.05, 0) is 44.2 Å². The maximum atomic E-state index is 5.51. The van der Waals surface area contributed by atoms with Gasteiger partial charge in [0.2, 0.25) is 0 Å². The lowest BCUT2D eigenvalue weighted by molar-refractivity contribution is 0.340. The molecule has 0 saturated carbocycles. The van der Waals surface area contributed by atoms with Gasteiger partial charge in [0.15, 0.2) is 11.0 Å². The zero-order valence-electron chi connectivity index (χ0n) is 16.9. The first kappa shape index (κ1) is 20.4. The van der Waals surface area contributed by atoms with E-state index in [1.807, 2.05) is 50.3 Å². The molecule has 3 heterocycles. The number of aryl methyl sites for hydroxylation is 1. The molecule has 0 aliphatic carbocycles. The summed E-state index contributed by atoms with van der Waals surface area (Å²) in [5.41, 5.74) is 3.05. The van der Waals surface area contributed by atoms with E-state index >= 15 is 0 Å². The Kier molecular flexibility index (Phi) is 6.35. The van der Waals surface area contributed by atoms with Gasteiger partial charge in [-0.3, -0.25) is 4.57 Å². The molecule has 0 bridgehead atoms. The second-order valence-electron chi connectivity index (χ2n) is 6.49. The van der Waals surface area contributed by atoms with E-state index in [1.54, 1.807) is 29.4 Å². The number of aromatic nitrogens is 4. The molecule has 0 fully saturated rings. The third-order valence-electron chi connectivity index (χ3n) is 4.44. The smallest absolute Gasteiger partial charge is 0.192 e. The van der Waals surface area contributed by atoms with Crippen LogP contribution in [0.25, 0.3) is 22.0 Å². The second-order valence-corrected chi connectivity index (χ2v) is 8.29. The van der Waals surface area contributed by atoms with E-state index in [0.717, 1.165) is 44.3 Å². The Hall–Kier alpha value is -2.84. The van der Waals surface area contributed by atoms with Crippen LogP contribution in [0.5, 0.6) is 5.75 Å². The summed E-state index contributed by atoms with van der Waals surface area (Å²) in [6.45, 7) is 9.06. The number of hydrogen-bond acceptors (Lipinski definition) is 7. The molecule has 0 aliphatic rings. The van der Waals surface area contributed by atoms with Gasteiger partial charge in [-0.15, -0.1) is 28.1 Å². The molecule has 0 unspecified atom stereocenters. The Morgan fingerprint density at radius 3 is 2.77 bits per heavy atom. The predicted molar refractivity (Wildman–Crippen MR) is 121 cm³/mol. The maximum absolute atomic E-state index is 5.51. The van der Waals surface area contributed by atoms with Gasteiger partial charge in [-0.2, -0.15) is 0 Å². The minimum Gasteiger partial charge on any atom is -0.494 e. The summed E-state index contributed by atoms with van der Waals surface area (Å²) < 4.78 is 13.0. The van der Waals surface area contributed by atoms with Gasteiger partial charge in [-0.1, -0.05) is 17.8 Å². The van der Waals surface area contributed by atoms with Crippen LogP contribution in [0.15, 0.2) is 64.2 Å². The van der Waals surface area contributed by atoms with Crippen molar-refractivity contribution in [1.82, 2.24) is 19.7 Å². The summed E-state index contributed by atoms with van der Waals surface area (Å²) in [7, 11) is 0. The first-order valence-corrected chi connectivity index (χ1v) is 11.4. The maximum Gasteiger partial charge on any atom is 0.192 e. The second kappa shape index (κ2) is 9.32. The molecular formula is C22H22N4O2S2. The van der Waals surface area contributed by atoms with Crippen molar-refractivity contribution in [3.8, 4) is 27.7 Å². The Morgan fingerprint density at radius 2 is 2.07 bits per heavy atom. The molecule has 0 radical (unpaired) electrons. The molecule has 0 saturated heterocycles. The number of ether oxygens (including phenoxy) is 1. The topological polar surface area (TPSA) is 66.0 Å². The van der Waals surface area contributed by atoms with Crippen LogP contribution in [0, 0.1) is 6.92 Å². The van der Waals surface area contributed by atoms with Crippen LogP contribution in [0.2, 0.25) is 0 Å². The number of nitrogens with zero attached hydrogens (tertiary/aromatic N) is 4. The van der Waals surface area contributed by atoms with Crippen molar-refractivity contribution in [1.29, 1.82) is 0 Å². The van der Waals surface area contributed by atoms with E-state index in [9.17, 15) is 0 Å². The van der Waals surface area contributed by atoms with E-state index in [2.05, 4.69) is 26.7 Å². The quantitative estimate of drug-likeness (QED) is 0.241. The van der Waals surface area contributed by atoms with Gasteiger partial charge in [0.1, 0.15) is 16.5 Å². The average molecular weight is 439 g/mol. The standard InChI is InChI=1S/C22H22N4O2S2/c1-4-11-26-20(19-10-12-28-15(19)3)24-25-22(26)30-14-17-13-29-21(23-17)16-6-8-18(9-7-16)27-5-2/h4,6-10,12-13H,1,5,11,14H2,2-3H3. The highest BCUT2D eigenvalue weighted by Crippen LogP contribution is 2.31. The fraction of sp³-hybridized carbons (Fsp3) is 0.227. The third-order valence-corrected chi connectivity index (χ3v) is 6.38. The van der Waals surface area contributed by atoms with Crippen LogP contribution >= 0.6 is 23.1 Å². The fourth-order valence-electron chi connectivity index (χ4n) is 3.01. The van der Waals surface area contributed by atoms with Gasteiger partial charge in [0.05, 0.1) is 24.1 Å². The number of furan rings is 1. The largest absolute Gasteiger partial charge is 0.494 e. The van der Waals surface area contributed by atoms with Crippen LogP contribution in [0.3, 0.4) is 0 Å². The molecule has 3 aromatic heterocycles. The first-order valence-electron chi connectivity index (χ1n) is 9.58. The zero-order chi connectivity index (χ0) is 20.9. The van der Waals surface area contributed by atoms with Crippen molar-refractivity contribution in [3.05, 3.63) is 66.1 Å². The van der Waals surface area contributed by atoms with Crippen LogP contribution in [-0.2, 0) is 12.3 Å². The summed E-state index contributed by atoms with van der Waals surface area (Å²) in [6, 6.07) is 9.95. The van der Waals surface area contributed by atoms with Crippen molar-refractivity contribution in [2.24, 2.45) is 0 Å². The van der Waals surface area contributed by atoms with E-state index in [1.165, 1.54) is 0 Å². The lowest BCUT2D eigenvalue weighted by Gasteiger charge is -2.06. The highest BCUT2D eigenvalue weighted by atomic mass is 32.2. The normalized spacial score (nSPS) is 11.0. The molecule has 0 spiro atoms. The SMILES string of the molecule is C=CCn1c(SCc2csc(-c3ccc(OCC)cc3)n2)nnc1-c1ccoc1C. The Balaban J connectivity index is 1.48. The van der Waals surface area contributed by atoms with Gasteiger partial charge in [-0.25, -0.2) is 4.98 Å². The van der Waals surface area contributed by atoms with Crippen molar-refractivity contribution < 1.29 is 9.15 Å². The molecule has 6 nitrogen and oxygen atoms in total. The number of allylic oxidation sites excluding steroid dienone is 1. The molecule has 0 aliphatic heterocycles. The number of thiazole rings is 1. The van der Waals surface area contributed by atoms with Crippen molar-refractivity contribution in [3.63, 3.8) is 0 Å². The summed E-state index contributed by atoms with van der Waals surface area (Å²) in [5, 5.41) is 12.7. The lowest BCUT2D eigenvalue weighted by atomic mass is 10.2. The molecule has 1 aromatic carbocycles. The number of rotatable bonds is 9. The number of thioether (sulfide) groups is 1. The predicted octanol–water partition coefficient (Wildman–Crippen LogP) is 5.85. The summed E-state index contributed by atoms with van der Waals surface area (Å²) >= 11 is 3.26. The van der Waals surface area contributed by atoms with Crippen LogP contribution < -0.4 is 4.74 Å². The van der Waals surface area contributed by atoms with Crippen molar-refractivity contribution >= 4 is 23.1 Å². The zero-order valence-corrected chi connectivity index (χ0v) is 18.5. The van der Waals surface area contributed by atoms with Crippen molar-refractivity contribution in [2.75, 3.05) is 6.61 Å². The van der Waals surface area contributed by atoms with Gasteiger partial charge < -0.3 is 9.15 Å². The Labute approximate surface area is 183 Å². The first-order chi connectivity index (χ1) is 14.7. The monoisotopic (exact) mass is 438 g/mol. The highest BCUT2D eigenvalue weighted by molar-refractivity contribution is 7.98. The van der Waals surface area contributed by atoms with Gasteiger partial charge >= 0.3 is 0 Å². The highest BCUT2D eigenvalue weighted by Gasteiger charge is 2.17. The summed E-state index contributed by atoms with van der Waals surface area (Å²) in [5.74, 6) is 3.20. The fourth-order valence-corrected chi connectivity index (χ4v) is 4.78. The van der Waals surface area contributed by atoms with Gasteiger partial charge in [0.25, 0.3) is 0 Å². The van der Waals surface area contributed by atoms with E-state index in [0.29, 0.717) is 18.9 Å². The van der Waals surface area contributed by atoms with Crippen LogP contribution in [-0.4, -0.2) is 26.4 Å². The minimum atomic E-state index is 0.629. The molecule has 30 heavy (non-hydrogen) atoms. The van der Waals surface area contributed by atoms with E-state index in [4.69, 9.17) is 14.1 Å². The van der Waals surface area contributed by atoms with Gasteiger partial charge in [0, 0.05) is 23.2 Å². The lowest BCUT2D eigenvalue weighted by Crippen LogP contribution is -2.00. The van der Waals surface area contributed by atoms with Crippen LogP contribution in [0.1, 0.15) is 18.4 Å². The van der Waals surface area contributed by atoms with Crippen molar-refractivity contribution in [2.45, 2.75) is 31.3 Å². The Bertz CT molecular complexity index is 1130.